The molecule has 0 atom stereocenters. The molecule has 3 rings (SSSR count). The van der Waals surface area contributed by atoms with Gasteiger partial charge in [-0.3, -0.25) is 0 Å². The van der Waals surface area contributed by atoms with Crippen molar-refractivity contribution in [3.63, 3.8) is 0 Å². The van der Waals surface area contributed by atoms with Gasteiger partial charge < -0.3 is 10.1 Å². The lowest BCUT2D eigenvalue weighted by Crippen LogP contribution is -2.04. The number of fused-ring (bicyclic) bond motifs is 1. The van der Waals surface area contributed by atoms with Crippen LogP contribution in [0.5, 0.6) is 0 Å². The van der Waals surface area contributed by atoms with Gasteiger partial charge in [0.05, 0.1) is 11.9 Å². The van der Waals surface area contributed by atoms with E-state index in [1.807, 2.05) is 28.9 Å². The SMILES string of the molecule is COCCCNc1nn2cc(-c3ccccc3)nc2s1. The van der Waals surface area contributed by atoms with Crippen molar-refractivity contribution < 1.29 is 4.74 Å². The van der Waals surface area contributed by atoms with Gasteiger partial charge in [-0.05, 0) is 6.42 Å². The van der Waals surface area contributed by atoms with E-state index in [2.05, 4.69) is 27.5 Å². The van der Waals surface area contributed by atoms with Crippen LogP contribution in [0.3, 0.4) is 0 Å². The van der Waals surface area contributed by atoms with E-state index in [0.29, 0.717) is 0 Å². The molecular weight excluding hydrogens is 272 g/mol. The standard InChI is InChI=1S/C14H16N4OS/c1-19-9-5-8-15-13-17-18-10-12(16-14(18)20-13)11-6-3-2-4-7-11/h2-4,6-7,10H,5,8-9H2,1H3,(H,15,17). The van der Waals surface area contributed by atoms with Crippen LogP contribution in [-0.2, 0) is 4.74 Å². The average Bonchev–Trinajstić information content (AvgIpc) is 3.03. The lowest BCUT2D eigenvalue weighted by molar-refractivity contribution is 0.198. The number of nitrogens with zero attached hydrogens (tertiary/aromatic N) is 3. The highest BCUT2D eigenvalue weighted by atomic mass is 32.1. The monoisotopic (exact) mass is 288 g/mol. The Morgan fingerprint density at radius 2 is 2.15 bits per heavy atom. The van der Waals surface area contributed by atoms with Crippen molar-refractivity contribution >= 4 is 21.4 Å². The first-order valence-corrected chi connectivity index (χ1v) is 7.33. The van der Waals surface area contributed by atoms with Gasteiger partial charge in [-0.25, -0.2) is 9.50 Å². The third kappa shape index (κ3) is 2.81. The second-order valence-electron chi connectivity index (χ2n) is 4.40. The molecule has 2 heterocycles. The molecule has 1 N–H and O–H groups in total. The van der Waals surface area contributed by atoms with E-state index in [1.165, 1.54) is 0 Å². The molecule has 0 fully saturated rings. The molecule has 0 unspecified atom stereocenters. The number of nitrogens with one attached hydrogen (secondary N) is 1. The Bertz CT molecular complexity index is 645. The molecule has 1 aromatic carbocycles. The largest absolute Gasteiger partial charge is 0.385 e. The molecule has 0 radical (unpaired) electrons. The molecule has 20 heavy (non-hydrogen) atoms. The molecular formula is C14H16N4OS. The first-order valence-electron chi connectivity index (χ1n) is 6.51. The number of anilines is 1. The van der Waals surface area contributed by atoms with Crippen LogP contribution in [0, 0.1) is 0 Å². The molecule has 6 heteroatoms. The third-order valence-electron chi connectivity index (χ3n) is 2.91. The number of hydrogen-bond acceptors (Lipinski definition) is 5. The van der Waals surface area contributed by atoms with Crippen LogP contribution < -0.4 is 5.32 Å². The van der Waals surface area contributed by atoms with Gasteiger partial charge in [0.2, 0.25) is 10.1 Å². The summed E-state index contributed by atoms with van der Waals surface area (Å²) in [5, 5.41) is 8.65. The van der Waals surface area contributed by atoms with E-state index >= 15 is 0 Å². The van der Waals surface area contributed by atoms with Gasteiger partial charge in [-0.2, -0.15) is 0 Å². The summed E-state index contributed by atoms with van der Waals surface area (Å²) in [6, 6.07) is 10.1. The van der Waals surface area contributed by atoms with Crippen LogP contribution in [-0.4, -0.2) is 34.9 Å². The van der Waals surface area contributed by atoms with Crippen LogP contribution in [0.4, 0.5) is 5.13 Å². The quantitative estimate of drug-likeness (QED) is 0.709. The van der Waals surface area contributed by atoms with Crippen molar-refractivity contribution in [1.29, 1.82) is 0 Å². The summed E-state index contributed by atoms with van der Waals surface area (Å²) in [6.45, 7) is 1.61. The van der Waals surface area contributed by atoms with E-state index in [1.54, 1.807) is 18.4 Å². The summed E-state index contributed by atoms with van der Waals surface area (Å²) in [5.41, 5.74) is 2.06. The van der Waals surface area contributed by atoms with Gasteiger partial charge in [0.25, 0.3) is 0 Å². The fourth-order valence-electron chi connectivity index (χ4n) is 1.93. The highest BCUT2D eigenvalue weighted by molar-refractivity contribution is 7.20. The second-order valence-corrected chi connectivity index (χ2v) is 5.36. The number of ether oxygens (including phenoxy) is 1. The lowest BCUT2D eigenvalue weighted by Gasteiger charge is -2.00. The summed E-state index contributed by atoms with van der Waals surface area (Å²) in [6.07, 6.45) is 2.93. The number of methoxy groups -OCH3 is 1. The summed E-state index contributed by atoms with van der Waals surface area (Å²) in [7, 11) is 1.71. The van der Waals surface area contributed by atoms with E-state index < -0.39 is 0 Å². The summed E-state index contributed by atoms with van der Waals surface area (Å²) in [4.78, 5) is 5.50. The topological polar surface area (TPSA) is 51.5 Å². The van der Waals surface area contributed by atoms with Crippen molar-refractivity contribution in [1.82, 2.24) is 14.6 Å². The molecule has 3 aromatic rings. The molecule has 0 aliphatic heterocycles. The van der Waals surface area contributed by atoms with E-state index in [-0.39, 0.29) is 0 Å². The van der Waals surface area contributed by atoms with Gasteiger partial charge in [0.1, 0.15) is 0 Å². The van der Waals surface area contributed by atoms with E-state index in [4.69, 9.17) is 4.74 Å². The van der Waals surface area contributed by atoms with Crippen molar-refractivity contribution in [3.05, 3.63) is 36.5 Å². The zero-order valence-corrected chi connectivity index (χ0v) is 12.1. The highest BCUT2D eigenvalue weighted by Gasteiger charge is 2.08. The minimum absolute atomic E-state index is 0.758. The zero-order valence-electron chi connectivity index (χ0n) is 11.2. The highest BCUT2D eigenvalue weighted by Crippen LogP contribution is 2.24. The maximum absolute atomic E-state index is 5.01. The Labute approximate surface area is 121 Å². The van der Waals surface area contributed by atoms with Crippen molar-refractivity contribution in [2.45, 2.75) is 6.42 Å². The van der Waals surface area contributed by atoms with Crippen LogP contribution in [0.1, 0.15) is 6.42 Å². The summed E-state index contributed by atoms with van der Waals surface area (Å²) in [5.74, 6) is 0. The minimum atomic E-state index is 0.758. The molecule has 0 bridgehead atoms. The van der Waals surface area contributed by atoms with Crippen LogP contribution in [0.2, 0.25) is 0 Å². The van der Waals surface area contributed by atoms with Crippen molar-refractivity contribution in [2.24, 2.45) is 0 Å². The Kier molecular flexibility index (Phi) is 3.94. The molecule has 0 aliphatic carbocycles. The number of rotatable bonds is 6. The van der Waals surface area contributed by atoms with Gasteiger partial charge in [-0.15, -0.1) is 5.10 Å². The zero-order chi connectivity index (χ0) is 13.8. The number of imidazole rings is 1. The summed E-state index contributed by atoms with van der Waals surface area (Å²) < 4.78 is 6.84. The smallest absolute Gasteiger partial charge is 0.214 e. The number of hydrogen-bond donors (Lipinski definition) is 1. The third-order valence-corrected chi connectivity index (χ3v) is 3.79. The molecule has 5 nitrogen and oxygen atoms in total. The minimum Gasteiger partial charge on any atom is -0.385 e. The number of benzene rings is 1. The van der Waals surface area contributed by atoms with Crippen molar-refractivity contribution in [3.8, 4) is 11.3 Å². The number of aromatic nitrogens is 3. The Balaban J connectivity index is 1.73. The van der Waals surface area contributed by atoms with Gasteiger partial charge in [-0.1, -0.05) is 41.7 Å². The second kappa shape index (κ2) is 6.02. The Morgan fingerprint density at radius 1 is 1.30 bits per heavy atom. The predicted molar refractivity (Wildman–Crippen MR) is 81.3 cm³/mol. The van der Waals surface area contributed by atoms with E-state index in [9.17, 15) is 0 Å². The molecule has 2 aromatic heterocycles. The molecule has 0 spiro atoms. The maximum Gasteiger partial charge on any atom is 0.214 e. The lowest BCUT2D eigenvalue weighted by atomic mass is 10.2. The Hall–Kier alpha value is -1.92. The Morgan fingerprint density at radius 3 is 2.90 bits per heavy atom. The molecule has 0 saturated carbocycles. The molecule has 0 amide bonds. The first-order chi connectivity index (χ1) is 9.86. The van der Waals surface area contributed by atoms with Gasteiger partial charge in [0, 0.05) is 25.8 Å². The van der Waals surface area contributed by atoms with Crippen molar-refractivity contribution in [2.75, 3.05) is 25.6 Å². The first kappa shape index (κ1) is 13.1. The fraction of sp³-hybridized carbons (Fsp3) is 0.286. The van der Waals surface area contributed by atoms with E-state index in [0.717, 1.165) is 40.9 Å². The van der Waals surface area contributed by atoms with Crippen LogP contribution in [0.25, 0.3) is 16.2 Å². The molecule has 0 saturated heterocycles. The molecule has 0 aliphatic rings. The summed E-state index contributed by atoms with van der Waals surface area (Å²) >= 11 is 1.56. The molecule has 104 valence electrons. The fourth-order valence-corrected chi connectivity index (χ4v) is 2.74. The van der Waals surface area contributed by atoms with Crippen LogP contribution in [0.15, 0.2) is 36.5 Å². The van der Waals surface area contributed by atoms with Crippen LogP contribution >= 0.6 is 11.3 Å². The van der Waals surface area contributed by atoms with Gasteiger partial charge in [0.15, 0.2) is 0 Å². The average molecular weight is 288 g/mol. The maximum atomic E-state index is 5.01. The predicted octanol–water partition coefficient (Wildman–Crippen LogP) is 2.91. The van der Waals surface area contributed by atoms with Gasteiger partial charge >= 0.3 is 0 Å². The normalized spacial score (nSPS) is 11.1.